The quantitative estimate of drug-likeness (QED) is 0.854. The van der Waals surface area contributed by atoms with E-state index in [4.69, 9.17) is 10.5 Å². The molecule has 1 aromatic carbocycles. The van der Waals surface area contributed by atoms with Gasteiger partial charge in [0.1, 0.15) is 11.1 Å². The Kier molecular flexibility index (Phi) is 3.99. The van der Waals surface area contributed by atoms with Crippen molar-refractivity contribution >= 4 is 17.0 Å². The molecule has 1 heterocycles. The summed E-state index contributed by atoms with van der Waals surface area (Å²) in [5.41, 5.74) is 8.63. The third kappa shape index (κ3) is 2.54. The third-order valence-corrected chi connectivity index (χ3v) is 3.77. The lowest BCUT2D eigenvalue weighted by molar-refractivity contribution is 0.0645. The van der Waals surface area contributed by atoms with Gasteiger partial charge in [-0.3, -0.25) is 0 Å². The number of thiazole rings is 1. The first kappa shape index (κ1) is 13.1. The fourth-order valence-corrected chi connectivity index (χ4v) is 3.00. The molecule has 0 fully saturated rings. The van der Waals surface area contributed by atoms with E-state index in [2.05, 4.69) is 18.8 Å². The highest BCUT2D eigenvalue weighted by atomic mass is 32.1. The summed E-state index contributed by atoms with van der Waals surface area (Å²) in [5, 5.41) is 3.04. The molecule has 96 valence electrons. The first-order chi connectivity index (χ1) is 8.63. The number of anilines is 1. The molecular formula is C14H18N2OS. The first-order valence-electron chi connectivity index (χ1n) is 5.96. The molecule has 18 heavy (non-hydrogen) atoms. The predicted octanol–water partition coefficient (Wildman–Crippen LogP) is 3.74. The Morgan fingerprint density at radius 3 is 2.61 bits per heavy atom. The summed E-state index contributed by atoms with van der Waals surface area (Å²) in [6.45, 7) is 4.26. The van der Waals surface area contributed by atoms with E-state index in [9.17, 15) is 0 Å². The molecule has 2 aromatic rings. The lowest BCUT2D eigenvalue weighted by Gasteiger charge is -2.16. The van der Waals surface area contributed by atoms with Crippen molar-refractivity contribution in [3.05, 3.63) is 34.7 Å². The third-order valence-electron chi connectivity index (χ3n) is 2.86. The fourth-order valence-electron chi connectivity index (χ4n) is 1.93. The van der Waals surface area contributed by atoms with E-state index in [0.717, 1.165) is 22.0 Å². The van der Waals surface area contributed by atoms with E-state index < -0.39 is 0 Å². The number of methoxy groups -OCH3 is 1. The maximum Gasteiger partial charge on any atom is 0.122 e. The molecule has 4 heteroatoms. The summed E-state index contributed by atoms with van der Waals surface area (Å²) in [7, 11) is 1.72. The molecule has 0 aliphatic heterocycles. The van der Waals surface area contributed by atoms with Crippen LogP contribution in [-0.4, -0.2) is 12.1 Å². The Labute approximate surface area is 112 Å². The zero-order chi connectivity index (χ0) is 13.1. The number of nitrogens with zero attached hydrogens (tertiary/aromatic N) is 1. The van der Waals surface area contributed by atoms with Gasteiger partial charge < -0.3 is 10.5 Å². The van der Waals surface area contributed by atoms with Crippen molar-refractivity contribution in [1.82, 2.24) is 4.98 Å². The standard InChI is InChI=1S/C14H18N2OS/c1-9(2)13(17-3)14-16-12(8-18-14)10-6-4-5-7-11(10)15/h4-9,13H,15H2,1-3H3. The van der Waals surface area contributed by atoms with E-state index in [1.807, 2.05) is 29.6 Å². The molecular weight excluding hydrogens is 244 g/mol. The number of nitrogen functional groups attached to an aromatic ring is 1. The van der Waals surface area contributed by atoms with Gasteiger partial charge in [-0.2, -0.15) is 0 Å². The molecule has 0 spiro atoms. The van der Waals surface area contributed by atoms with Crippen molar-refractivity contribution in [2.75, 3.05) is 12.8 Å². The minimum Gasteiger partial charge on any atom is -0.398 e. The van der Waals surface area contributed by atoms with Crippen molar-refractivity contribution in [3.8, 4) is 11.3 Å². The molecule has 1 aromatic heterocycles. The first-order valence-corrected chi connectivity index (χ1v) is 6.84. The van der Waals surface area contributed by atoms with Crippen LogP contribution in [0.1, 0.15) is 25.0 Å². The highest BCUT2D eigenvalue weighted by Crippen LogP contribution is 2.32. The Morgan fingerprint density at radius 1 is 1.28 bits per heavy atom. The van der Waals surface area contributed by atoms with E-state index in [1.54, 1.807) is 18.4 Å². The molecule has 0 saturated heterocycles. The molecule has 0 aliphatic rings. The van der Waals surface area contributed by atoms with Crippen molar-refractivity contribution in [1.29, 1.82) is 0 Å². The number of nitrogens with two attached hydrogens (primary N) is 1. The monoisotopic (exact) mass is 262 g/mol. The number of rotatable bonds is 4. The van der Waals surface area contributed by atoms with E-state index in [-0.39, 0.29) is 6.10 Å². The number of hydrogen-bond acceptors (Lipinski definition) is 4. The molecule has 1 unspecified atom stereocenters. The summed E-state index contributed by atoms with van der Waals surface area (Å²) in [6, 6.07) is 7.79. The van der Waals surface area contributed by atoms with Gasteiger partial charge in [0.15, 0.2) is 0 Å². The Morgan fingerprint density at radius 2 is 2.00 bits per heavy atom. The van der Waals surface area contributed by atoms with E-state index in [0.29, 0.717) is 5.92 Å². The maximum absolute atomic E-state index is 5.96. The van der Waals surface area contributed by atoms with Crippen molar-refractivity contribution in [2.45, 2.75) is 20.0 Å². The van der Waals surface area contributed by atoms with Gasteiger partial charge in [0.05, 0.1) is 5.69 Å². The zero-order valence-electron chi connectivity index (χ0n) is 10.9. The van der Waals surface area contributed by atoms with Gasteiger partial charge in [0, 0.05) is 23.7 Å². The fraction of sp³-hybridized carbons (Fsp3) is 0.357. The molecule has 0 saturated carbocycles. The summed E-state index contributed by atoms with van der Waals surface area (Å²) >= 11 is 1.62. The lowest BCUT2D eigenvalue weighted by Crippen LogP contribution is -2.08. The highest BCUT2D eigenvalue weighted by Gasteiger charge is 2.19. The van der Waals surface area contributed by atoms with Crippen LogP contribution in [0, 0.1) is 5.92 Å². The maximum atomic E-state index is 5.96. The minimum atomic E-state index is 0.0497. The van der Waals surface area contributed by atoms with E-state index in [1.165, 1.54) is 0 Å². The molecule has 2 N–H and O–H groups in total. The van der Waals surface area contributed by atoms with Gasteiger partial charge in [-0.1, -0.05) is 32.0 Å². The number of benzene rings is 1. The van der Waals surface area contributed by atoms with Crippen LogP contribution in [0.3, 0.4) is 0 Å². The normalized spacial score (nSPS) is 12.9. The van der Waals surface area contributed by atoms with Gasteiger partial charge >= 0.3 is 0 Å². The zero-order valence-corrected chi connectivity index (χ0v) is 11.7. The van der Waals surface area contributed by atoms with E-state index >= 15 is 0 Å². The second kappa shape index (κ2) is 5.50. The van der Waals surface area contributed by atoms with Crippen LogP contribution in [0.2, 0.25) is 0 Å². The van der Waals surface area contributed by atoms with Crippen molar-refractivity contribution in [3.63, 3.8) is 0 Å². The number of para-hydroxylation sites is 1. The molecule has 0 amide bonds. The van der Waals surface area contributed by atoms with Crippen LogP contribution in [0.4, 0.5) is 5.69 Å². The van der Waals surface area contributed by atoms with Gasteiger partial charge in [-0.05, 0) is 12.0 Å². The van der Waals surface area contributed by atoms with Crippen molar-refractivity contribution < 1.29 is 4.74 Å². The second-order valence-electron chi connectivity index (χ2n) is 4.56. The number of hydrogen-bond donors (Lipinski definition) is 1. The Balaban J connectivity index is 2.34. The van der Waals surface area contributed by atoms with Gasteiger partial charge in [0.2, 0.25) is 0 Å². The molecule has 2 rings (SSSR count). The average Bonchev–Trinajstić information content (AvgIpc) is 2.79. The molecule has 0 bridgehead atoms. The summed E-state index contributed by atoms with van der Waals surface area (Å²) in [4.78, 5) is 4.65. The average molecular weight is 262 g/mol. The van der Waals surface area contributed by atoms with Crippen molar-refractivity contribution in [2.24, 2.45) is 5.92 Å². The molecule has 1 atom stereocenters. The number of ether oxygens (including phenoxy) is 1. The molecule has 3 nitrogen and oxygen atoms in total. The SMILES string of the molecule is COC(c1nc(-c2ccccc2N)cs1)C(C)C. The topological polar surface area (TPSA) is 48.1 Å². The summed E-state index contributed by atoms with van der Waals surface area (Å²) in [6.07, 6.45) is 0.0497. The van der Waals surface area contributed by atoms with Crippen LogP contribution >= 0.6 is 11.3 Å². The van der Waals surface area contributed by atoms with Crippen LogP contribution in [0.15, 0.2) is 29.6 Å². The van der Waals surface area contributed by atoms with Crippen LogP contribution in [-0.2, 0) is 4.74 Å². The Hall–Kier alpha value is -1.39. The minimum absolute atomic E-state index is 0.0497. The second-order valence-corrected chi connectivity index (χ2v) is 5.45. The molecule has 0 radical (unpaired) electrons. The predicted molar refractivity (Wildman–Crippen MR) is 76.6 cm³/mol. The summed E-state index contributed by atoms with van der Waals surface area (Å²) < 4.78 is 5.49. The van der Waals surface area contributed by atoms with Crippen LogP contribution < -0.4 is 5.73 Å². The van der Waals surface area contributed by atoms with Crippen LogP contribution in [0.5, 0.6) is 0 Å². The molecule has 0 aliphatic carbocycles. The number of aromatic nitrogens is 1. The highest BCUT2D eigenvalue weighted by molar-refractivity contribution is 7.10. The van der Waals surface area contributed by atoms with Crippen LogP contribution in [0.25, 0.3) is 11.3 Å². The van der Waals surface area contributed by atoms with Gasteiger partial charge in [0.25, 0.3) is 0 Å². The summed E-state index contributed by atoms with van der Waals surface area (Å²) in [5.74, 6) is 0.405. The van der Waals surface area contributed by atoms with Gasteiger partial charge in [-0.15, -0.1) is 11.3 Å². The lowest BCUT2D eigenvalue weighted by atomic mass is 10.1. The smallest absolute Gasteiger partial charge is 0.122 e. The van der Waals surface area contributed by atoms with Gasteiger partial charge in [-0.25, -0.2) is 4.98 Å². The largest absolute Gasteiger partial charge is 0.398 e. The Bertz CT molecular complexity index is 522.